The molecule has 168 valence electrons. The summed E-state index contributed by atoms with van der Waals surface area (Å²) in [6.07, 6.45) is 1.69. The van der Waals surface area contributed by atoms with Crippen LogP contribution in [0.5, 0.6) is 23.0 Å². The van der Waals surface area contributed by atoms with E-state index < -0.39 is 11.9 Å². The molecule has 0 aliphatic carbocycles. The highest BCUT2D eigenvalue weighted by Gasteiger charge is 2.27. The first-order valence-electron chi connectivity index (χ1n) is 9.33. The van der Waals surface area contributed by atoms with Crippen LogP contribution in [-0.2, 0) is 14.3 Å². The summed E-state index contributed by atoms with van der Waals surface area (Å²) in [6, 6.07) is 6.69. The van der Waals surface area contributed by atoms with E-state index in [1.165, 1.54) is 27.4 Å². The summed E-state index contributed by atoms with van der Waals surface area (Å²) in [7, 11) is 4.46. The van der Waals surface area contributed by atoms with Crippen LogP contribution in [0.15, 0.2) is 43.9 Å². The topological polar surface area (TPSA) is 92.7 Å². The minimum Gasteiger partial charge on any atom is -0.493 e. The van der Waals surface area contributed by atoms with Gasteiger partial charge in [0.25, 0.3) is 0 Å². The van der Waals surface area contributed by atoms with Crippen LogP contribution in [0.2, 0.25) is 0 Å². The highest BCUT2D eigenvalue weighted by atomic mass is 79.9. The van der Waals surface area contributed by atoms with Crippen molar-refractivity contribution < 1.29 is 33.3 Å². The first-order chi connectivity index (χ1) is 15.3. The van der Waals surface area contributed by atoms with Gasteiger partial charge in [-0.2, -0.15) is 0 Å². The highest BCUT2D eigenvalue weighted by molar-refractivity contribution is 9.11. The highest BCUT2D eigenvalue weighted by Crippen LogP contribution is 2.39. The number of hydrogen-bond acceptors (Lipinski definition) is 8. The smallest absolute Gasteiger partial charge is 0.363 e. The number of hydrogen-bond donors (Lipinski definition) is 0. The van der Waals surface area contributed by atoms with E-state index in [9.17, 15) is 9.59 Å². The molecule has 0 saturated carbocycles. The van der Waals surface area contributed by atoms with Gasteiger partial charge < -0.3 is 23.7 Å². The van der Waals surface area contributed by atoms with E-state index in [1.807, 2.05) is 0 Å². The van der Waals surface area contributed by atoms with E-state index in [4.69, 9.17) is 23.7 Å². The molecule has 0 aromatic heterocycles. The zero-order valence-corrected chi connectivity index (χ0v) is 20.8. The molecule has 8 nitrogen and oxygen atoms in total. The molecule has 0 saturated heterocycles. The van der Waals surface area contributed by atoms with Gasteiger partial charge in [-0.05, 0) is 46.3 Å². The molecule has 1 aliphatic heterocycles. The molecule has 0 spiro atoms. The van der Waals surface area contributed by atoms with Gasteiger partial charge in [-0.25, -0.2) is 9.79 Å². The van der Waals surface area contributed by atoms with Crippen molar-refractivity contribution in [2.75, 3.05) is 21.3 Å². The Bertz CT molecular complexity index is 1120. The average molecular weight is 569 g/mol. The van der Waals surface area contributed by atoms with Gasteiger partial charge >= 0.3 is 11.9 Å². The average Bonchev–Trinajstić information content (AvgIpc) is 3.14. The van der Waals surface area contributed by atoms with E-state index >= 15 is 0 Å². The minimum absolute atomic E-state index is 0.0348. The zero-order chi connectivity index (χ0) is 23.4. The SMILES string of the molecule is CCC(=O)Oc1c(Br)cc(Br)cc1/C=C1\N=C(c2cc(OC)c(OC)c(OC)c2)OC1=O. The number of carbonyl (C=O) groups excluding carboxylic acids is 2. The van der Waals surface area contributed by atoms with Gasteiger partial charge in [-0.15, -0.1) is 0 Å². The van der Waals surface area contributed by atoms with Gasteiger partial charge in [0.2, 0.25) is 11.6 Å². The number of aliphatic imine (C=N–C) groups is 1. The molecule has 0 unspecified atom stereocenters. The largest absolute Gasteiger partial charge is 0.493 e. The normalized spacial score (nSPS) is 14.1. The molecule has 32 heavy (non-hydrogen) atoms. The van der Waals surface area contributed by atoms with Crippen LogP contribution in [0.3, 0.4) is 0 Å². The number of carbonyl (C=O) groups is 2. The maximum Gasteiger partial charge on any atom is 0.363 e. The van der Waals surface area contributed by atoms with Crippen LogP contribution >= 0.6 is 31.9 Å². The molecule has 2 aromatic carbocycles. The molecule has 1 aliphatic rings. The standard InChI is InChI=1S/C22H19Br2NO7/c1-5-18(26)31-19-11(6-13(23)10-14(19)24)7-15-22(27)32-21(25-15)12-8-16(28-2)20(30-4)17(9-12)29-3/h6-10H,5H2,1-4H3/b15-7-. The summed E-state index contributed by atoms with van der Waals surface area (Å²) in [6.45, 7) is 1.69. The second-order valence-corrected chi connectivity index (χ2v) is 8.15. The quantitative estimate of drug-likeness (QED) is 0.266. The lowest BCUT2D eigenvalue weighted by atomic mass is 10.1. The Morgan fingerprint density at radius 3 is 2.25 bits per heavy atom. The van der Waals surface area contributed by atoms with E-state index in [-0.39, 0.29) is 23.8 Å². The van der Waals surface area contributed by atoms with Crippen LogP contribution in [0.4, 0.5) is 0 Å². The van der Waals surface area contributed by atoms with Crippen LogP contribution in [0, 0.1) is 0 Å². The third-order valence-corrected chi connectivity index (χ3v) is 5.41. The van der Waals surface area contributed by atoms with Crippen molar-refractivity contribution in [2.45, 2.75) is 13.3 Å². The molecule has 0 amide bonds. The summed E-state index contributed by atoms with van der Waals surface area (Å²) in [5, 5.41) is 0. The van der Waals surface area contributed by atoms with Crippen LogP contribution in [-0.4, -0.2) is 39.2 Å². The lowest BCUT2D eigenvalue weighted by molar-refractivity contribution is -0.134. The summed E-state index contributed by atoms with van der Waals surface area (Å²) in [5.74, 6) is 0.464. The molecule has 0 N–H and O–H groups in total. The lowest BCUT2D eigenvalue weighted by Crippen LogP contribution is -2.08. The molecule has 0 radical (unpaired) electrons. The summed E-state index contributed by atoms with van der Waals surface area (Å²) < 4.78 is 28.1. The predicted octanol–water partition coefficient (Wildman–Crippen LogP) is 4.90. The number of methoxy groups -OCH3 is 3. The molecule has 0 atom stereocenters. The van der Waals surface area contributed by atoms with Crippen molar-refractivity contribution in [3.63, 3.8) is 0 Å². The zero-order valence-electron chi connectivity index (χ0n) is 17.7. The maximum atomic E-state index is 12.5. The van der Waals surface area contributed by atoms with Crippen molar-refractivity contribution >= 4 is 55.8 Å². The van der Waals surface area contributed by atoms with E-state index in [1.54, 1.807) is 31.2 Å². The summed E-state index contributed by atoms with van der Waals surface area (Å²) in [5.41, 5.74) is 0.965. The van der Waals surface area contributed by atoms with Gasteiger partial charge in [0.15, 0.2) is 22.9 Å². The Balaban J connectivity index is 2.07. The summed E-state index contributed by atoms with van der Waals surface area (Å²) >= 11 is 6.78. The Labute approximate surface area is 201 Å². The maximum absolute atomic E-state index is 12.5. The first-order valence-corrected chi connectivity index (χ1v) is 10.9. The number of esters is 2. The Hall–Kier alpha value is -2.85. The van der Waals surface area contributed by atoms with Gasteiger partial charge in [0, 0.05) is 22.0 Å². The summed E-state index contributed by atoms with van der Waals surface area (Å²) in [4.78, 5) is 28.7. The number of nitrogens with zero attached hydrogens (tertiary/aromatic N) is 1. The third-order valence-electron chi connectivity index (χ3n) is 4.37. The number of benzene rings is 2. The second-order valence-electron chi connectivity index (χ2n) is 6.38. The lowest BCUT2D eigenvalue weighted by Gasteiger charge is -2.13. The Morgan fingerprint density at radius 2 is 1.69 bits per heavy atom. The van der Waals surface area contributed by atoms with Gasteiger partial charge in [-0.3, -0.25) is 4.79 Å². The van der Waals surface area contributed by atoms with Crippen LogP contribution in [0.1, 0.15) is 24.5 Å². The fourth-order valence-electron chi connectivity index (χ4n) is 2.87. The molecule has 0 fully saturated rings. The van der Waals surface area contributed by atoms with Crippen molar-refractivity contribution in [1.82, 2.24) is 0 Å². The van der Waals surface area contributed by atoms with Gasteiger partial charge in [0.05, 0.1) is 25.8 Å². The Kier molecular flexibility index (Phi) is 7.57. The van der Waals surface area contributed by atoms with Gasteiger partial charge in [0.1, 0.15) is 0 Å². The minimum atomic E-state index is -0.655. The fraction of sp³-hybridized carbons (Fsp3) is 0.227. The van der Waals surface area contributed by atoms with Gasteiger partial charge in [-0.1, -0.05) is 22.9 Å². The van der Waals surface area contributed by atoms with Crippen molar-refractivity contribution in [3.05, 3.63) is 50.0 Å². The molecule has 1 heterocycles. The molecule has 2 aromatic rings. The van der Waals surface area contributed by atoms with Crippen molar-refractivity contribution in [3.8, 4) is 23.0 Å². The number of ether oxygens (including phenoxy) is 5. The van der Waals surface area contributed by atoms with Crippen molar-refractivity contribution in [1.29, 1.82) is 0 Å². The van der Waals surface area contributed by atoms with Crippen LogP contribution in [0.25, 0.3) is 6.08 Å². The van der Waals surface area contributed by atoms with E-state index in [2.05, 4.69) is 36.9 Å². The monoisotopic (exact) mass is 567 g/mol. The fourth-order valence-corrected chi connectivity index (χ4v) is 4.20. The molecule has 3 rings (SSSR count). The number of cyclic esters (lactones) is 1. The van der Waals surface area contributed by atoms with E-state index in [0.29, 0.717) is 37.3 Å². The molecular weight excluding hydrogens is 550 g/mol. The number of rotatable bonds is 7. The molecular formula is C22H19Br2NO7. The van der Waals surface area contributed by atoms with E-state index in [0.717, 1.165) is 0 Å². The second kappa shape index (κ2) is 10.2. The molecule has 10 heteroatoms. The van der Waals surface area contributed by atoms with Crippen LogP contribution < -0.4 is 18.9 Å². The predicted molar refractivity (Wildman–Crippen MR) is 124 cm³/mol. The molecule has 0 bridgehead atoms. The Morgan fingerprint density at radius 1 is 1.03 bits per heavy atom. The van der Waals surface area contributed by atoms with Crippen molar-refractivity contribution in [2.24, 2.45) is 4.99 Å². The third kappa shape index (κ3) is 4.97. The number of halogens is 2. The first kappa shape index (κ1) is 23.8.